The summed E-state index contributed by atoms with van der Waals surface area (Å²) in [5, 5.41) is 15.5. The Hall–Kier alpha value is -1.59. The first-order valence-corrected chi connectivity index (χ1v) is 7.61. The lowest BCUT2D eigenvalue weighted by atomic mass is 9.93. The van der Waals surface area contributed by atoms with E-state index in [9.17, 15) is 9.90 Å². The van der Waals surface area contributed by atoms with Crippen LogP contribution in [0.1, 0.15) is 38.2 Å². The van der Waals surface area contributed by atoms with Crippen molar-refractivity contribution in [3.05, 3.63) is 29.8 Å². The van der Waals surface area contributed by atoms with Crippen LogP contribution in [0.25, 0.3) is 0 Å². The van der Waals surface area contributed by atoms with Gasteiger partial charge in [-0.1, -0.05) is 25.0 Å². The van der Waals surface area contributed by atoms with E-state index >= 15 is 0 Å². The number of aliphatic hydroxyl groups excluding tert-OH is 1. The molecule has 1 aliphatic carbocycles. The molecule has 5 nitrogen and oxygen atoms in total. The van der Waals surface area contributed by atoms with Gasteiger partial charge in [0.05, 0.1) is 18.8 Å². The van der Waals surface area contributed by atoms with Gasteiger partial charge >= 0.3 is 6.03 Å². The minimum Gasteiger partial charge on any atom is -0.391 e. The molecule has 2 atom stereocenters. The zero-order valence-corrected chi connectivity index (χ0v) is 12.5. The summed E-state index contributed by atoms with van der Waals surface area (Å²) in [4.78, 5) is 12.0. The molecule has 0 radical (unpaired) electrons. The lowest BCUT2D eigenvalue weighted by Crippen LogP contribution is -2.46. The molecule has 0 aliphatic heterocycles. The molecule has 1 fully saturated rings. The number of carbonyl (C=O) groups excluding carboxylic acids is 1. The molecule has 0 aromatic heterocycles. The average molecular weight is 292 g/mol. The third kappa shape index (κ3) is 5.02. The number of amides is 2. The normalized spacial score (nSPS) is 21.8. The van der Waals surface area contributed by atoms with Crippen molar-refractivity contribution in [1.29, 1.82) is 0 Å². The van der Waals surface area contributed by atoms with Gasteiger partial charge in [-0.2, -0.15) is 0 Å². The highest BCUT2D eigenvalue weighted by molar-refractivity contribution is 5.89. The van der Waals surface area contributed by atoms with Crippen LogP contribution in [0.3, 0.4) is 0 Å². The fourth-order valence-electron chi connectivity index (χ4n) is 2.57. The SMILES string of the molecule is CCOCc1cccc(NC(=O)NC2CCCCC2O)c1. The number of nitrogens with one attached hydrogen (secondary N) is 2. The molecule has 2 unspecified atom stereocenters. The Bertz CT molecular complexity index is 465. The van der Waals surface area contributed by atoms with Crippen LogP contribution in [-0.2, 0) is 11.3 Å². The average Bonchev–Trinajstić information content (AvgIpc) is 2.48. The minimum absolute atomic E-state index is 0.148. The van der Waals surface area contributed by atoms with Gasteiger partial charge in [-0.05, 0) is 37.5 Å². The number of hydrogen-bond donors (Lipinski definition) is 3. The van der Waals surface area contributed by atoms with E-state index in [0.717, 1.165) is 36.9 Å². The molecule has 1 aliphatic rings. The third-order valence-corrected chi connectivity index (χ3v) is 3.70. The van der Waals surface area contributed by atoms with E-state index in [-0.39, 0.29) is 12.1 Å². The van der Waals surface area contributed by atoms with Crippen LogP contribution in [0.5, 0.6) is 0 Å². The van der Waals surface area contributed by atoms with E-state index in [0.29, 0.717) is 13.2 Å². The summed E-state index contributed by atoms with van der Waals surface area (Å²) in [7, 11) is 0. The number of ether oxygens (including phenoxy) is 1. The molecule has 0 heterocycles. The van der Waals surface area contributed by atoms with E-state index in [4.69, 9.17) is 4.74 Å². The standard InChI is InChI=1S/C16H24N2O3/c1-2-21-11-12-6-5-7-13(10-12)17-16(20)18-14-8-3-4-9-15(14)19/h5-7,10,14-15,19H,2-4,8-9,11H2,1H3,(H2,17,18,20). The maximum absolute atomic E-state index is 12.0. The van der Waals surface area contributed by atoms with Crippen LogP contribution in [0.2, 0.25) is 0 Å². The Morgan fingerprint density at radius 1 is 1.38 bits per heavy atom. The lowest BCUT2D eigenvalue weighted by Gasteiger charge is -2.28. The van der Waals surface area contributed by atoms with Crippen LogP contribution in [-0.4, -0.2) is 29.9 Å². The maximum Gasteiger partial charge on any atom is 0.319 e. The van der Waals surface area contributed by atoms with Crippen molar-refractivity contribution >= 4 is 11.7 Å². The Morgan fingerprint density at radius 2 is 2.19 bits per heavy atom. The van der Waals surface area contributed by atoms with Gasteiger partial charge in [0.2, 0.25) is 0 Å². The van der Waals surface area contributed by atoms with Crippen LogP contribution in [0, 0.1) is 0 Å². The van der Waals surface area contributed by atoms with Crippen molar-refractivity contribution < 1.29 is 14.6 Å². The molecule has 3 N–H and O–H groups in total. The number of hydrogen-bond acceptors (Lipinski definition) is 3. The number of urea groups is 1. The summed E-state index contributed by atoms with van der Waals surface area (Å²) >= 11 is 0. The van der Waals surface area contributed by atoms with Gasteiger partial charge in [0.1, 0.15) is 0 Å². The number of benzene rings is 1. The Labute approximate surface area is 125 Å². The summed E-state index contributed by atoms with van der Waals surface area (Å²) < 4.78 is 5.35. The van der Waals surface area contributed by atoms with Gasteiger partial charge in [-0.3, -0.25) is 0 Å². The molecule has 0 bridgehead atoms. The molecule has 5 heteroatoms. The molecule has 2 rings (SSSR count). The number of carbonyl (C=O) groups is 1. The highest BCUT2D eigenvalue weighted by Gasteiger charge is 2.24. The second-order valence-electron chi connectivity index (χ2n) is 5.39. The minimum atomic E-state index is -0.436. The molecular weight excluding hydrogens is 268 g/mol. The van der Waals surface area contributed by atoms with Crippen molar-refractivity contribution in [2.75, 3.05) is 11.9 Å². The van der Waals surface area contributed by atoms with E-state index in [1.807, 2.05) is 31.2 Å². The highest BCUT2D eigenvalue weighted by Crippen LogP contribution is 2.18. The fraction of sp³-hybridized carbons (Fsp3) is 0.562. The molecule has 0 spiro atoms. The molecule has 0 saturated heterocycles. The number of anilines is 1. The van der Waals surface area contributed by atoms with E-state index < -0.39 is 6.10 Å². The fourth-order valence-corrected chi connectivity index (χ4v) is 2.57. The van der Waals surface area contributed by atoms with Gasteiger partial charge in [0.15, 0.2) is 0 Å². The zero-order valence-electron chi connectivity index (χ0n) is 12.5. The summed E-state index contributed by atoms with van der Waals surface area (Å²) in [6.45, 7) is 3.15. The predicted octanol–water partition coefficient (Wildman–Crippen LogP) is 2.65. The van der Waals surface area contributed by atoms with Gasteiger partial charge in [-0.25, -0.2) is 4.79 Å². The van der Waals surface area contributed by atoms with Crippen LogP contribution < -0.4 is 10.6 Å². The molecule has 1 aromatic carbocycles. The van der Waals surface area contributed by atoms with E-state index in [2.05, 4.69) is 10.6 Å². The second kappa shape index (κ2) is 8.00. The highest BCUT2D eigenvalue weighted by atomic mass is 16.5. The summed E-state index contributed by atoms with van der Waals surface area (Å²) in [6, 6.07) is 7.17. The first-order valence-electron chi connectivity index (χ1n) is 7.61. The number of rotatable bonds is 5. The third-order valence-electron chi connectivity index (χ3n) is 3.70. The summed E-state index contributed by atoms with van der Waals surface area (Å²) in [6.07, 6.45) is 3.23. The summed E-state index contributed by atoms with van der Waals surface area (Å²) in [5.41, 5.74) is 1.75. The van der Waals surface area contributed by atoms with Gasteiger partial charge in [0.25, 0.3) is 0 Å². The Kier molecular flexibility index (Phi) is 6.02. The van der Waals surface area contributed by atoms with E-state index in [1.165, 1.54) is 0 Å². The van der Waals surface area contributed by atoms with Crippen LogP contribution >= 0.6 is 0 Å². The first-order chi connectivity index (χ1) is 10.2. The topological polar surface area (TPSA) is 70.6 Å². The molecule has 1 aromatic rings. The van der Waals surface area contributed by atoms with Crippen molar-refractivity contribution in [2.24, 2.45) is 0 Å². The van der Waals surface area contributed by atoms with Crippen molar-refractivity contribution in [3.63, 3.8) is 0 Å². The quantitative estimate of drug-likeness (QED) is 0.781. The van der Waals surface area contributed by atoms with Gasteiger partial charge in [0, 0.05) is 12.3 Å². The van der Waals surface area contributed by atoms with Gasteiger partial charge < -0.3 is 20.5 Å². The molecule has 2 amide bonds. The molecular formula is C16H24N2O3. The van der Waals surface area contributed by atoms with Crippen molar-refractivity contribution in [1.82, 2.24) is 5.32 Å². The lowest BCUT2D eigenvalue weighted by molar-refractivity contribution is 0.0955. The predicted molar refractivity (Wildman–Crippen MR) is 82.2 cm³/mol. The zero-order chi connectivity index (χ0) is 15.1. The van der Waals surface area contributed by atoms with E-state index in [1.54, 1.807) is 0 Å². The van der Waals surface area contributed by atoms with Crippen LogP contribution in [0.4, 0.5) is 10.5 Å². The molecule has 116 valence electrons. The Morgan fingerprint density at radius 3 is 2.95 bits per heavy atom. The second-order valence-corrected chi connectivity index (χ2v) is 5.39. The molecule has 1 saturated carbocycles. The monoisotopic (exact) mass is 292 g/mol. The number of aliphatic hydroxyl groups is 1. The van der Waals surface area contributed by atoms with Crippen molar-refractivity contribution in [2.45, 2.75) is 51.4 Å². The summed E-state index contributed by atoms with van der Waals surface area (Å²) in [5.74, 6) is 0. The molecule has 21 heavy (non-hydrogen) atoms. The largest absolute Gasteiger partial charge is 0.391 e. The first kappa shape index (κ1) is 15.8. The smallest absolute Gasteiger partial charge is 0.319 e. The maximum atomic E-state index is 12.0. The van der Waals surface area contributed by atoms with Gasteiger partial charge in [-0.15, -0.1) is 0 Å². The van der Waals surface area contributed by atoms with Crippen molar-refractivity contribution in [3.8, 4) is 0 Å². The van der Waals surface area contributed by atoms with Crippen LogP contribution in [0.15, 0.2) is 24.3 Å². The Balaban J connectivity index is 1.87.